The first-order valence-electron chi connectivity index (χ1n) is 3.48. The monoisotopic (exact) mass is 211 g/mol. The summed E-state index contributed by atoms with van der Waals surface area (Å²) in [6, 6.07) is 1.43. The second-order valence-electron chi connectivity index (χ2n) is 2.65. The first-order chi connectivity index (χ1) is 5.84. The van der Waals surface area contributed by atoms with Crippen molar-refractivity contribution in [1.29, 1.82) is 0 Å². The van der Waals surface area contributed by atoms with E-state index < -0.39 is 23.3 Å². The van der Waals surface area contributed by atoms with Gasteiger partial charge in [-0.1, -0.05) is 23.1 Å². The van der Waals surface area contributed by atoms with Crippen LogP contribution in [0.4, 0.5) is 17.3 Å². The van der Waals surface area contributed by atoms with Crippen molar-refractivity contribution in [3.63, 3.8) is 0 Å². The van der Waals surface area contributed by atoms with Crippen molar-refractivity contribution in [2.45, 2.75) is 6.92 Å². The van der Waals surface area contributed by atoms with Crippen molar-refractivity contribution in [2.75, 3.05) is 0 Å². The molecule has 0 atom stereocenters. The van der Waals surface area contributed by atoms with E-state index in [2.05, 4.69) is 0 Å². The average Bonchev–Trinajstić information content (AvgIpc) is 1.98. The average molecular weight is 211 g/mol. The molecule has 0 fully saturated rings. The summed E-state index contributed by atoms with van der Waals surface area (Å²) >= 11 is 5.34. The molecular formula is C7H5BClF4-. The molecular weight excluding hydrogens is 206 g/mol. The Morgan fingerprint density at radius 3 is 2.23 bits per heavy atom. The lowest BCUT2D eigenvalue weighted by atomic mass is 9.79. The van der Waals surface area contributed by atoms with Crippen LogP contribution in [0.1, 0.15) is 5.56 Å². The van der Waals surface area contributed by atoms with E-state index >= 15 is 0 Å². The van der Waals surface area contributed by atoms with Gasteiger partial charge in [-0.25, -0.2) is 4.39 Å². The minimum Gasteiger partial charge on any atom is -0.445 e. The third kappa shape index (κ3) is 1.96. The highest BCUT2D eigenvalue weighted by atomic mass is 35.5. The molecule has 1 rings (SSSR count). The van der Waals surface area contributed by atoms with Gasteiger partial charge in [0.2, 0.25) is 0 Å². The molecule has 0 heterocycles. The normalized spacial score (nSPS) is 11.8. The molecule has 1 aromatic carbocycles. The number of hydrogen-bond donors (Lipinski definition) is 0. The molecule has 0 aromatic heterocycles. The smallest absolute Gasteiger partial charge is 0.445 e. The minimum absolute atomic E-state index is 0.168. The molecule has 1 aromatic rings. The fourth-order valence-electron chi connectivity index (χ4n) is 0.935. The summed E-state index contributed by atoms with van der Waals surface area (Å²) in [5.74, 6) is -0.728. The van der Waals surface area contributed by atoms with Gasteiger partial charge in [-0.2, -0.15) is 0 Å². The van der Waals surface area contributed by atoms with Crippen LogP contribution in [0.15, 0.2) is 12.1 Å². The summed E-state index contributed by atoms with van der Waals surface area (Å²) in [7, 11) is 0. The van der Waals surface area contributed by atoms with Gasteiger partial charge in [0.15, 0.2) is 0 Å². The van der Waals surface area contributed by atoms with Gasteiger partial charge in [0.05, 0.1) is 0 Å². The second kappa shape index (κ2) is 3.22. The lowest BCUT2D eigenvalue weighted by molar-refractivity contribution is 0.500. The maximum Gasteiger partial charge on any atom is 0.511 e. The Morgan fingerprint density at radius 1 is 1.23 bits per heavy atom. The van der Waals surface area contributed by atoms with Crippen LogP contribution < -0.4 is 5.46 Å². The molecule has 0 nitrogen and oxygen atoms in total. The summed E-state index contributed by atoms with van der Waals surface area (Å²) in [5.41, 5.74) is -1.11. The highest BCUT2D eigenvalue weighted by Crippen LogP contribution is 2.21. The molecule has 6 heteroatoms. The van der Waals surface area contributed by atoms with Crippen LogP contribution >= 0.6 is 11.6 Å². The number of hydrogen-bond acceptors (Lipinski definition) is 0. The zero-order valence-electron chi connectivity index (χ0n) is 6.62. The predicted octanol–water partition coefficient (Wildman–Crippen LogP) is 2.84. The largest absolute Gasteiger partial charge is 0.511 e. The highest BCUT2D eigenvalue weighted by Gasteiger charge is 2.29. The van der Waals surface area contributed by atoms with Gasteiger partial charge in [-0.15, -0.1) is 0 Å². The van der Waals surface area contributed by atoms with E-state index in [0.29, 0.717) is 6.07 Å². The summed E-state index contributed by atoms with van der Waals surface area (Å²) in [6.07, 6.45) is 0. The first kappa shape index (κ1) is 10.4. The standard InChI is InChI=1S/C7H5BClF4/c1-4-6(10)3-2-5(7(4)9)8(11,12)13/h2-3H,1H3/q-1. The minimum atomic E-state index is -5.16. The van der Waals surface area contributed by atoms with Crippen LogP contribution in [-0.2, 0) is 0 Å². The third-order valence-electron chi connectivity index (χ3n) is 1.70. The van der Waals surface area contributed by atoms with Gasteiger partial charge >= 0.3 is 6.98 Å². The van der Waals surface area contributed by atoms with E-state index in [9.17, 15) is 17.3 Å². The van der Waals surface area contributed by atoms with E-state index in [1.807, 2.05) is 0 Å². The van der Waals surface area contributed by atoms with Crippen molar-refractivity contribution in [3.8, 4) is 0 Å². The van der Waals surface area contributed by atoms with Crippen molar-refractivity contribution in [1.82, 2.24) is 0 Å². The van der Waals surface area contributed by atoms with Gasteiger partial charge in [-0.3, -0.25) is 0 Å². The predicted molar refractivity (Wildman–Crippen MR) is 44.9 cm³/mol. The van der Waals surface area contributed by atoms with Crippen molar-refractivity contribution >= 4 is 24.0 Å². The van der Waals surface area contributed by atoms with E-state index in [4.69, 9.17) is 11.6 Å². The van der Waals surface area contributed by atoms with Crippen molar-refractivity contribution in [2.24, 2.45) is 0 Å². The van der Waals surface area contributed by atoms with Crippen LogP contribution in [0.2, 0.25) is 5.02 Å². The Hall–Kier alpha value is -0.705. The Kier molecular flexibility index (Phi) is 2.57. The van der Waals surface area contributed by atoms with Crippen molar-refractivity contribution in [3.05, 3.63) is 28.5 Å². The number of rotatable bonds is 1. The third-order valence-corrected chi connectivity index (χ3v) is 2.20. The zero-order chi connectivity index (χ0) is 10.2. The Morgan fingerprint density at radius 2 is 1.77 bits per heavy atom. The maximum absolute atomic E-state index is 12.7. The maximum atomic E-state index is 12.7. The van der Waals surface area contributed by atoms with Gasteiger partial charge < -0.3 is 12.9 Å². The van der Waals surface area contributed by atoms with E-state index in [1.165, 1.54) is 6.92 Å². The summed E-state index contributed by atoms with van der Waals surface area (Å²) < 4.78 is 49.4. The number of benzene rings is 1. The summed E-state index contributed by atoms with van der Waals surface area (Å²) in [4.78, 5) is 0. The van der Waals surface area contributed by atoms with Gasteiger partial charge in [-0.05, 0) is 13.0 Å². The lowest BCUT2D eigenvalue weighted by Gasteiger charge is -2.17. The Balaban J connectivity index is 3.35. The van der Waals surface area contributed by atoms with Crippen LogP contribution in [0.25, 0.3) is 0 Å². The van der Waals surface area contributed by atoms with Gasteiger partial charge in [0, 0.05) is 10.6 Å². The van der Waals surface area contributed by atoms with Crippen LogP contribution in [0.5, 0.6) is 0 Å². The Bertz CT molecular complexity index is 334. The second-order valence-corrected chi connectivity index (χ2v) is 3.03. The van der Waals surface area contributed by atoms with Crippen LogP contribution in [0.3, 0.4) is 0 Å². The molecule has 72 valence electrons. The summed E-state index contributed by atoms with van der Waals surface area (Å²) in [6.45, 7) is -3.95. The Labute approximate surface area is 77.6 Å². The van der Waals surface area contributed by atoms with Gasteiger partial charge in [0.1, 0.15) is 5.82 Å². The fourth-order valence-corrected chi connectivity index (χ4v) is 1.21. The summed E-state index contributed by atoms with van der Waals surface area (Å²) in [5, 5.41) is -0.549. The van der Waals surface area contributed by atoms with Crippen molar-refractivity contribution < 1.29 is 17.3 Å². The highest BCUT2D eigenvalue weighted by molar-refractivity contribution is 6.76. The zero-order valence-corrected chi connectivity index (χ0v) is 7.38. The molecule has 0 bridgehead atoms. The number of halogens is 5. The molecule has 0 unspecified atom stereocenters. The topological polar surface area (TPSA) is 0 Å². The fraction of sp³-hybridized carbons (Fsp3) is 0.143. The molecule has 0 radical (unpaired) electrons. The molecule has 0 aliphatic heterocycles. The van der Waals surface area contributed by atoms with Crippen LogP contribution in [0, 0.1) is 12.7 Å². The molecule has 0 aliphatic carbocycles. The molecule has 0 N–H and O–H groups in total. The molecule has 0 spiro atoms. The lowest BCUT2D eigenvalue weighted by Crippen LogP contribution is -2.35. The molecule has 0 saturated heterocycles. The van der Waals surface area contributed by atoms with Crippen LogP contribution in [-0.4, -0.2) is 6.98 Å². The van der Waals surface area contributed by atoms with Gasteiger partial charge in [0.25, 0.3) is 0 Å². The van der Waals surface area contributed by atoms with E-state index in [1.54, 1.807) is 0 Å². The molecule has 0 saturated carbocycles. The van der Waals surface area contributed by atoms with E-state index in [-0.39, 0.29) is 5.56 Å². The molecule has 13 heavy (non-hydrogen) atoms. The first-order valence-corrected chi connectivity index (χ1v) is 3.86. The van der Waals surface area contributed by atoms with E-state index in [0.717, 1.165) is 6.07 Å². The quantitative estimate of drug-likeness (QED) is 0.495. The SMILES string of the molecule is Cc1c(F)ccc([B-](F)(F)F)c1Cl. The molecule has 0 amide bonds. The molecule has 0 aliphatic rings.